The molecule has 0 spiro atoms. The number of carbonyl (C=O) groups excluding carboxylic acids is 2. The summed E-state index contributed by atoms with van der Waals surface area (Å²) in [4.78, 5) is 27.2. The van der Waals surface area contributed by atoms with E-state index < -0.39 is 5.82 Å². The molecule has 0 bridgehead atoms. The zero-order valence-electron chi connectivity index (χ0n) is 11.2. The summed E-state index contributed by atoms with van der Waals surface area (Å²) in [7, 11) is 0. The molecule has 1 fully saturated rings. The number of nitrogens with zero attached hydrogens (tertiary/aromatic N) is 2. The van der Waals surface area contributed by atoms with Gasteiger partial charge in [0, 0.05) is 33.1 Å². The fourth-order valence-corrected chi connectivity index (χ4v) is 2.71. The maximum absolute atomic E-state index is 13.5. The average Bonchev–Trinajstić information content (AvgIpc) is 2.67. The lowest BCUT2D eigenvalue weighted by molar-refractivity contribution is -0.128. The molecule has 1 saturated heterocycles. The Labute approximate surface area is 125 Å². The summed E-state index contributed by atoms with van der Waals surface area (Å²) >= 11 is 3.11. The summed E-state index contributed by atoms with van der Waals surface area (Å²) in [5.74, 6) is -0.635. The van der Waals surface area contributed by atoms with Gasteiger partial charge in [-0.25, -0.2) is 4.39 Å². The van der Waals surface area contributed by atoms with Crippen molar-refractivity contribution in [3.05, 3.63) is 34.1 Å². The van der Waals surface area contributed by atoms with Crippen molar-refractivity contribution in [3.63, 3.8) is 0 Å². The summed E-state index contributed by atoms with van der Waals surface area (Å²) < 4.78 is 13.7. The Morgan fingerprint density at radius 2 is 1.80 bits per heavy atom. The van der Waals surface area contributed by atoms with Crippen LogP contribution in [-0.2, 0) is 4.79 Å². The van der Waals surface area contributed by atoms with Crippen molar-refractivity contribution in [2.24, 2.45) is 0 Å². The Balaban J connectivity index is 2.13. The Morgan fingerprint density at radius 1 is 1.15 bits per heavy atom. The molecule has 2 amide bonds. The van der Waals surface area contributed by atoms with Crippen molar-refractivity contribution in [3.8, 4) is 0 Å². The van der Waals surface area contributed by atoms with E-state index >= 15 is 0 Å². The van der Waals surface area contributed by atoms with Crippen molar-refractivity contribution in [2.45, 2.75) is 13.3 Å². The van der Waals surface area contributed by atoms with Crippen LogP contribution in [0.15, 0.2) is 22.7 Å². The highest BCUT2D eigenvalue weighted by Crippen LogP contribution is 2.22. The molecular weight excluding hydrogens is 327 g/mol. The minimum Gasteiger partial charge on any atom is -0.341 e. The van der Waals surface area contributed by atoms with Crippen molar-refractivity contribution < 1.29 is 14.0 Å². The number of rotatable bonds is 1. The first-order chi connectivity index (χ1) is 9.50. The van der Waals surface area contributed by atoms with Crippen LogP contribution >= 0.6 is 15.9 Å². The van der Waals surface area contributed by atoms with Gasteiger partial charge < -0.3 is 9.80 Å². The minimum absolute atomic E-state index is 0.0197. The molecule has 0 radical (unpaired) electrons. The maximum Gasteiger partial charge on any atom is 0.255 e. The first-order valence-electron chi connectivity index (χ1n) is 6.49. The first-order valence-corrected chi connectivity index (χ1v) is 7.29. The number of hydrogen-bond donors (Lipinski definition) is 0. The van der Waals surface area contributed by atoms with Crippen molar-refractivity contribution in [1.82, 2.24) is 9.80 Å². The van der Waals surface area contributed by atoms with E-state index in [0.717, 1.165) is 6.42 Å². The number of hydrogen-bond acceptors (Lipinski definition) is 2. The predicted octanol–water partition coefficient (Wildman–Crippen LogP) is 2.28. The van der Waals surface area contributed by atoms with Gasteiger partial charge in [-0.05, 0) is 34.5 Å². The van der Waals surface area contributed by atoms with E-state index in [1.807, 2.05) is 0 Å². The average molecular weight is 343 g/mol. The SMILES string of the molecule is CC(=O)N1CCCN(C(=O)c2cccc(F)c2Br)CC1. The van der Waals surface area contributed by atoms with Crippen LogP contribution in [0.4, 0.5) is 4.39 Å². The molecule has 0 aliphatic carbocycles. The quantitative estimate of drug-likeness (QED) is 0.785. The Kier molecular flexibility index (Phi) is 4.75. The molecule has 108 valence electrons. The van der Waals surface area contributed by atoms with Gasteiger partial charge in [0.05, 0.1) is 10.0 Å². The molecule has 0 atom stereocenters. The van der Waals surface area contributed by atoms with Gasteiger partial charge in [0.15, 0.2) is 0 Å². The molecule has 4 nitrogen and oxygen atoms in total. The van der Waals surface area contributed by atoms with Gasteiger partial charge >= 0.3 is 0 Å². The predicted molar refractivity (Wildman–Crippen MR) is 76.9 cm³/mol. The zero-order chi connectivity index (χ0) is 14.7. The second-order valence-electron chi connectivity index (χ2n) is 4.75. The molecule has 1 aliphatic rings. The van der Waals surface area contributed by atoms with Crippen LogP contribution in [0, 0.1) is 5.82 Å². The third-order valence-corrected chi connectivity index (χ3v) is 4.22. The van der Waals surface area contributed by atoms with Crippen LogP contribution in [0.1, 0.15) is 23.7 Å². The molecule has 6 heteroatoms. The van der Waals surface area contributed by atoms with Gasteiger partial charge in [0.2, 0.25) is 5.91 Å². The molecule has 20 heavy (non-hydrogen) atoms. The molecular formula is C14H16BrFN2O2. The second-order valence-corrected chi connectivity index (χ2v) is 5.55. The van der Waals surface area contributed by atoms with Gasteiger partial charge in [0.1, 0.15) is 5.82 Å². The van der Waals surface area contributed by atoms with E-state index in [2.05, 4.69) is 15.9 Å². The van der Waals surface area contributed by atoms with Crippen LogP contribution < -0.4 is 0 Å². The lowest BCUT2D eigenvalue weighted by Crippen LogP contribution is -2.36. The highest BCUT2D eigenvalue weighted by atomic mass is 79.9. The lowest BCUT2D eigenvalue weighted by Gasteiger charge is -2.22. The summed E-state index contributed by atoms with van der Waals surface area (Å²) in [5, 5.41) is 0. The standard InChI is InChI=1S/C14H16BrFN2O2/c1-10(19)17-6-3-7-18(9-8-17)14(20)11-4-2-5-12(16)13(11)15/h2,4-5H,3,6-9H2,1H3. The first kappa shape index (κ1) is 15.0. The van der Waals surface area contributed by atoms with Crippen LogP contribution in [0.25, 0.3) is 0 Å². The van der Waals surface area contributed by atoms with Crippen LogP contribution in [0.2, 0.25) is 0 Å². The lowest BCUT2D eigenvalue weighted by atomic mass is 10.2. The minimum atomic E-state index is -0.448. The largest absolute Gasteiger partial charge is 0.341 e. The molecule has 2 rings (SSSR count). The Bertz CT molecular complexity index is 536. The molecule has 1 aromatic carbocycles. The summed E-state index contributed by atoms with van der Waals surface area (Å²) in [6.45, 7) is 3.75. The molecule has 0 aromatic heterocycles. The number of carbonyl (C=O) groups is 2. The second kappa shape index (κ2) is 6.35. The highest BCUT2D eigenvalue weighted by Gasteiger charge is 2.23. The molecule has 1 aliphatic heterocycles. The van der Waals surface area contributed by atoms with Crippen LogP contribution in [0.5, 0.6) is 0 Å². The summed E-state index contributed by atoms with van der Waals surface area (Å²) in [6, 6.07) is 4.43. The Morgan fingerprint density at radius 3 is 2.50 bits per heavy atom. The molecule has 0 saturated carbocycles. The van der Waals surface area contributed by atoms with E-state index in [1.54, 1.807) is 15.9 Å². The van der Waals surface area contributed by atoms with E-state index in [1.165, 1.54) is 19.1 Å². The van der Waals surface area contributed by atoms with Gasteiger partial charge in [-0.3, -0.25) is 9.59 Å². The third kappa shape index (κ3) is 3.17. The fraction of sp³-hybridized carbons (Fsp3) is 0.429. The Hall–Kier alpha value is -1.43. The van der Waals surface area contributed by atoms with Crippen molar-refractivity contribution in [1.29, 1.82) is 0 Å². The fourth-order valence-electron chi connectivity index (χ4n) is 2.27. The number of amides is 2. The normalized spacial score (nSPS) is 15.9. The summed E-state index contributed by atoms with van der Waals surface area (Å²) in [5.41, 5.74) is 0.321. The third-order valence-electron chi connectivity index (χ3n) is 3.41. The van der Waals surface area contributed by atoms with Crippen LogP contribution in [-0.4, -0.2) is 47.8 Å². The van der Waals surface area contributed by atoms with Gasteiger partial charge in [-0.2, -0.15) is 0 Å². The number of halogens is 2. The summed E-state index contributed by atoms with van der Waals surface area (Å²) in [6.07, 6.45) is 0.734. The van der Waals surface area contributed by atoms with Crippen molar-refractivity contribution in [2.75, 3.05) is 26.2 Å². The number of benzene rings is 1. The maximum atomic E-state index is 13.5. The molecule has 1 heterocycles. The topological polar surface area (TPSA) is 40.6 Å². The van der Waals surface area contributed by atoms with Gasteiger partial charge in [0.25, 0.3) is 5.91 Å². The van der Waals surface area contributed by atoms with Crippen molar-refractivity contribution >= 4 is 27.7 Å². The van der Waals surface area contributed by atoms with E-state index in [0.29, 0.717) is 31.7 Å². The zero-order valence-corrected chi connectivity index (χ0v) is 12.8. The monoisotopic (exact) mass is 342 g/mol. The molecule has 0 unspecified atom stereocenters. The highest BCUT2D eigenvalue weighted by molar-refractivity contribution is 9.10. The van der Waals surface area contributed by atoms with E-state index in [-0.39, 0.29) is 16.3 Å². The van der Waals surface area contributed by atoms with E-state index in [4.69, 9.17) is 0 Å². The molecule has 0 N–H and O–H groups in total. The molecule has 1 aromatic rings. The van der Waals surface area contributed by atoms with Crippen LogP contribution in [0.3, 0.4) is 0 Å². The van der Waals surface area contributed by atoms with Gasteiger partial charge in [-0.15, -0.1) is 0 Å². The smallest absolute Gasteiger partial charge is 0.255 e. The van der Waals surface area contributed by atoms with E-state index in [9.17, 15) is 14.0 Å². The van der Waals surface area contributed by atoms with Gasteiger partial charge in [-0.1, -0.05) is 6.07 Å².